The normalized spacial score (nSPS) is 11.0. The minimum Gasteiger partial charge on any atom is -0.480 e. The van der Waals surface area contributed by atoms with E-state index in [0.29, 0.717) is 9.87 Å². The number of nitro groups is 1. The largest absolute Gasteiger partial charge is 0.480 e. The zero-order valence-corrected chi connectivity index (χ0v) is 11.6. The standard InChI is InChI=1S/C12H12N2O6S/c1-2-7-13(8-12(15)16)21(19,20)9-10-3-5-11(6-4-10)14(17)18/h1,3-6H,7-9H2,(H,15,16). The van der Waals surface area contributed by atoms with Crippen LogP contribution in [0.4, 0.5) is 5.69 Å². The van der Waals surface area contributed by atoms with Crippen LogP contribution in [-0.2, 0) is 20.6 Å². The van der Waals surface area contributed by atoms with Gasteiger partial charge in [-0.25, -0.2) is 8.42 Å². The van der Waals surface area contributed by atoms with Gasteiger partial charge >= 0.3 is 5.97 Å². The lowest BCUT2D eigenvalue weighted by Crippen LogP contribution is -2.36. The lowest BCUT2D eigenvalue weighted by molar-refractivity contribution is -0.384. The molecule has 0 aliphatic heterocycles. The molecule has 0 spiro atoms. The Hall–Kier alpha value is -2.44. The quantitative estimate of drug-likeness (QED) is 0.443. The molecule has 0 aliphatic carbocycles. The molecule has 21 heavy (non-hydrogen) atoms. The summed E-state index contributed by atoms with van der Waals surface area (Å²) in [5.74, 6) is 0.275. The molecule has 0 fully saturated rings. The minimum absolute atomic E-state index is 0.165. The molecule has 9 heteroatoms. The molecule has 1 aromatic carbocycles. The van der Waals surface area contributed by atoms with Gasteiger partial charge in [0.05, 0.1) is 17.2 Å². The van der Waals surface area contributed by atoms with Gasteiger partial charge in [0.15, 0.2) is 0 Å². The number of non-ortho nitro benzene ring substituents is 1. The Kier molecular flexibility index (Phi) is 5.40. The molecule has 0 amide bonds. The molecule has 1 rings (SSSR count). The van der Waals surface area contributed by atoms with Gasteiger partial charge in [-0.1, -0.05) is 18.1 Å². The molecule has 1 aromatic rings. The molecule has 0 saturated heterocycles. The number of nitro benzene ring substituents is 1. The van der Waals surface area contributed by atoms with Gasteiger partial charge in [-0.3, -0.25) is 14.9 Å². The van der Waals surface area contributed by atoms with E-state index in [-0.39, 0.29) is 12.2 Å². The van der Waals surface area contributed by atoms with E-state index in [2.05, 4.69) is 5.92 Å². The first-order chi connectivity index (χ1) is 9.76. The number of carboxylic acids is 1. The van der Waals surface area contributed by atoms with Crippen molar-refractivity contribution in [3.8, 4) is 12.3 Å². The highest BCUT2D eigenvalue weighted by molar-refractivity contribution is 7.88. The van der Waals surface area contributed by atoms with Crippen molar-refractivity contribution >= 4 is 21.7 Å². The second kappa shape index (κ2) is 6.83. The lowest BCUT2D eigenvalue weighted by atomic mass is 10.2. The van der Waals surface area contributed by atoms with Gasteiger partial charge in [-0.15, -0.1) is 6.42 Å². The smallest absolute Gasteiger partial charge is 0.318 e. The van der Waals surface area contributed by atoms with E-state index in [9.17, 15) is 23.3 Å². The number of terminal acetylenes is 1. The summed E-state index contributed by atoms with van der Waals surface area (Å²) < 4.78 is 24.8. The fourth-order valence-electron chi connectivity index (χ4n) is 1.52. The average Bonchev–Trinajstić information content (AvgIpc) is 2.38. The number of carboxylic acid groups (broad SMARTS) is 1. The molecular weight excluding hydrogens is 300 g/mol. The Labute approximate surface area is 121 Å². The highest BCUT2D eigenvalue weighted by atomic mass is 32.2. The van der Waals surface area contributed by atoms with Gasteiger partial charge in [0.1, 0.15) is 6.54 Å². The number of sulfonamides is 1. The van der Waals surface area contributed by atoms with Crippen LogP contribution in [0.2, 0.25) is 0 Å². The number of carbonyl (C=O) groups is 1. The van der Waals surface area contributed by atoms with Crippen molar-refractivity contribution in [2.75, 3.05) is 13.1 Å². The van der Waals surface area contributed by atoms with Crippen LogP contribution in [0.25, 0.3) is 0 Å². The van der Waals surface area contributed by atoms with Crippen LogP contribution in [0.3, 0.4) is 0 Å². The third-order valence-electron chi connectivity index (χ3n) is 2.47. The van der Waals surface area contributed by atoms with E-state index >= 15 is 0 Å². The molecule has 0 bridgehead atoms. The highest BCUT2D eigenvalue weighted by Gasteiger charge is 2.24. The van der Waals surface area contributed by atoms with Crippen LogP contribution >= 0.6 is 0 Å². The van der Waals surface area contributed by atoms with Crippen molar-refractivity contribution < 1.29 is 23.2 Å². The SMILES string of the molecule is C#CCN(CC(=O)O)S(=O)(=O)Cc1ccc([N+](=O)[O-])cc1. The molecule has 112 valence electrons. The number of benzene rings is 1. The van der Waals surface area contributed by atoms with E-state index in [4.69, 9.17) is 11.5 Å². The van der Waals surface area contributed by atoms with Gasteiger partial charge in [-0.05, 0) is 5.56 Å². The van der Waals surface area contributed by atoms with E-state index < -0.39 is 33.2 Å². The fourth-order valence-corrected chi connectivity index (χ4v) is 2.90. The van der Waals surface area contributed by atoms with Crippen molar-refractivity contribution in [2.45, 2.75) is 5.75 Å². The Morgan fingerprint density at radius 3 is 2.38 bits per heavy atom. The maximum Gasteiger partial charge on any atom is 0.318 e. The molecule has 0 atom stereocenters. The van der Waals surface area contributed by atoms with Gasteiger partial charge in [-0.2, -0.15) is 4.31 Å². The molecule has 0 saturated carbocycles. The molecule has 0 aliphatic rings. The monoisotopic (exact) mass is 312 g/mol. The first kappa shape index (κ1) is 16.6. The molecule has 8 nitrogen and oxygen atoms in total. The number of rotatable bonds is 7. The van der Waals surface area contributed by atoms with E-state index in [0.717, 1.165) is 0 Å². The summed E-state index contributed by atoms with van der Waals surface area (Å²) in [6.45, 7) is -1.10. The predicted molar refractivity (Wildman–Crippen MR) is 73.8 cm³/mol. The van der Waals surface area contributed by atoms with Gasteiger partial charge in [0.2, 0.25) is 10.0 Å². The van der Waals surface area contributed by atoms with Gasteiger partial charge in [0, 0.05) is 12.1 Å². The summed E-state index contributed by atoms with van der Waals surface area (Å²) in [6.07, 6.45) is 5.02. The molecular formula is C12H12N2O6S. The number of nitrogens with zero attached hydrogens (tertiary/aromatic N) is 2. The second-order valence-electron chi connectivity index (χ2n) is 4.05. The zero-order valence-electron chi connectivity index (χ0n) is 10.8. The Balaban J connectivity index is 2.94. The molecule has 1 N–H and O–H groups in total. The second-order valence-corrected chi connectivity index (χ2v) is 6.01. The number of hydrogen-bond donors (Lipinski definition) is 1. The summed E-state index contributed by atoms with van der Waals surface area (Å²) in [4.78, 5) is 20.6. The predicted octanol–water partition coefficient (Wildman–Crippen LogP) is 0.444. The van der Waals surface area contributed by atoms with E-state index in [1.165, 1.54) is 24.3 Å². The number of hydrogen-bond acceptors (Lipinski definition) is 5. The summed E-state index contributed by atoms with van der Waals surface area (Å²) in [7, 11) is -3.93. The van der Waals surface area contributed by atoms with Crippen molar-refractivity contribution in [3.63, 3.8) is 0 Å². The van der Waals surface area contributed by atoms with Crippen LogP contribution in [0.1, 0.15) is 5.56 Å². The first-order valence-corrected chi connectivity index (χ1v) is 7.23. The minimum atomic E-state index is -3.93. The summed E-state index contributed by atoms with van der Waals surface area (Å²) in [6, 6.07) is 4.94. The first-order valence-electron chi connectivity index (χ1n) is 5.62. The van der Waals surface area contributed by atoms with Crippen LogP contribution < -0.4 is 0 Å². The van der Waals surface area contributed by atoms with Crippen LogP contribution in [0.15, 0.2) is 24.3 Å². The van der Waals surface area contributed by atoms with Crippen LogP contribution in [-0.4, -0.2) is 41.8 Å². The van der Waals surface area contributed by atoms with Crippen LogP contribution in [0, 0.1) is 22.5 Å². The highest BCUT2D eigenvalue weighted by Crippen LogP contribution is 2.15. The van der Waals surface area contributed by atoms with E-state index in [1.54, 1.807) is 0 Å². The molecule has 0 heterocycles. The summed E-state index contributed by atoms with van der Waals surface area (Å²) >= 11 is 0. The maximum absolute atomic E-state index is 12.1. The average molecular weight is 312 g/mol. The van der Waals surface area contributed by atoms with Gasteiger partial charge < -0.3 is 5.11 Å². The third kappa shape index (κ3) is 4.87. The Morgan fingerprint density at radius 2 is 1.95 bits per heavy atom. The lowest BCUT2D eigenvalue weighted by Gasteiger charge is -2.17. The topological polar surface area (TPSA) is 118 Å². The summed E-state index contributed by atoms with van der Waals surface area (Å²) in [5, 5.41) is 19.2. The van der Waals surface area contributed by atoms with E-state index in [1.807, 2.05) is 0 Å². The van der Waals surface area contributed by atoms with Crippen molar-refractivity contribution in [2.24, 2.45) is 0 Å². The molecule has 0 radical (unpaired) electrons. The zero-order chi connectivity index (χ0) is 16.0. The fraction of sp³-hybridized carbons (Fsp3) is 0.250. The number of aliphatic carboxylic acids is 1. The van der Waals surface area contributed by atoms with Crippen molar-refractivity contribution in [1.82, 2.24) is 4.31 Å². The van der Waals surface area contributed by atoms with Crippen LogP contribution in [0.5, 0.6) is 0 Å². The molecule has 0 aromatic heterocycles. The summed E-state index contributed by atoms with van der Waals surface area (Å²) in [5.41, 5.74) is 0.134. The third-order valence-corrected chi connectivity index (χ3v) is 4.21. The molecule has 0 unspecified atom stereocenters. The van der Waals surface area contributed by atoms with Crippen molar-refractivity contribution in [3.05, 3.63) is 39.9 Å². The Bertz CT molecular complexity index is 675. The van der Waals surface area contributed by atoms with Gasteiger partial charge in [0.25, 0.3) is 5.69 Å². The maximum atomic E-state index is 12.1. The Morgan fingerprint density at radius 1 is 1.38 bits per heavy atom. The van der Waals surface area contributed by atoms with Crippen molar-refractivity contribution in [1.29, 1.82) is 0 Å².